The molecule has 0 fully saturated rings. The topological polar surface area (TPSA) is 49.9 Å². The molecule has 2 aliphatic heterocycles. The van der Waals surface area contributed by atoms with Gasteiger partial charge in [0.25, 0.3) is 10.0 Å². The van der Waals surface area contributed by atoms with Gasteiger partial charge in [0, 0.05) is 23.5 Å². The van der Waals surface area contributed by atoms with Gasteiger partial charge in [0.1, 0.15) is 6.61 Å². The van der Waals surface area contributed by atoms with Crippen molar-refractivity contribution in [3.63, 3.8) is 0 Å². The fraction of sp³-hybridized carbons (Fsp3) is 0.333. The van der Waals surface area contributed by atoms with Crippen molar-refractivity contribution in [2.75, 3.05) is 20.7 Å². The fourth-order valence-corrected chi connectivity index (χ4v) is 5.65. The smallest absolute Gasteiger partial charge is 0.267 e. The van der Waals surface area contributed by atoms with E-state index >= 15 is 0 Å². The molecule has 0 amide bonds. The van der Waals surface area contributed by atoms with Gasteiger partial charge in [-0.05, 0) is 61.9 Å². The molecule has 1 atom stereocenters. The average molecular weight is 385 g/mol. The zero-order chi connectivity index (χ0) is 19.2. The third kappa shape index (κ3) is 2.84. The van der Waals surface area contributed by atoms with Crippen LogP contribution in [0.5, 0.6) is 0 Å². The van der Waals surface area contributed by atoms with Gasteiger partial charge in [-0.15, -0.1) is 0 Å². The Bertz CT molecular complexity index is 986. The Morgan fingerprint density at radius 3 is 2.63 bits per heavy atom. The summed E-state index contributed by atoms with van der Waals surface area (Å²) in [5.41, 5.74) is 5.28. The van der Waals surface area contributed by atoms with E-state index in [2.05, 4.69) is 19.0 Å². The zero-order valence-electron chi connectivity index (χ0n) is 15.8. The number of nitrogens with zero attached hydrogens (tertiary/aromatic N) is 2. The second-order valence-corrected chi connectivity index (χ2v) is 8.99. The summed E-state index contributed by atoms with van der Waals surface area (Å²) < 4.78 is 33.9. The van der Waals surface area contributed by atoms with Gasteiger partial charge in [0.05, 0.1) is 11.2 Å². The first-order valence-corrected chi connectivity index (χ1v) is 10.6. The first-order valence-electron chi connectivity index (χ1n) is 9.16. The third-order valence-electron chi connectivity index (χ3n) is 5.42. The summed E-state index contributed by atoms with van der Waals surface area (Å²) in [6.07, 6.45) is 6.74. The van der Waals surface area contributed by atoms with Crippen molar-refractivity contribution in [3.05, 3.63) is 76.9 Å². The number of likely N-dealkylation sites (N-methyl/N-ethyl adjacent to an activating group) is 1. The van der Waals surface area contributed by atoms with Crippen LogP contribution in [0.2, 0.25) is 0 Å². The van der Waals surface area contributed by atoms with Gasteiger partial charge in [-0.3, -0.25) is 0 Å². The van der Waals surface area contributed by atoms with E-state index < -0.39 is 10.0 Å². The van der Waals surface area contributed by atoms with Crippen LogP contribution in [0, 0.1) is 0 Å². The van der Waals surface area contributed by atoms with Crippen molar-refractivity contribution < 1.29 is 13.2 Å². The fourth-order valence-electron chi connectivity index (χ4n) is 4.14. The largest absolute Gasteiger partial charge is 0.497 e. The molecule has 0 spiro atoms. The standard InChI is InChI=1S/C21H24N2O3S/c1-4-19-17-12-20(22(2)3)18-14-26-11-10-15(21(17)18)13-23(19)27(24,25)16-8-6-5-7-9-16/h5-11,13,20H,4,12,14H2,1-3H3. The molecule has 27 heavy (non-hydrogen) atoms. The molecule has 2 heterocycles. The molecule has 1 aromatic carbocycles. The first kappa shape index (κ1) is 18.1. The van der Waals surface area contributed by atoms with Gasteiger partial charge in [-0.25, -0.2) is 12.7 Å². The summed E-state index contributed by atoms with van der Waals surface area (Å²) in [5.74, 6) is 0. The van der Waals surface area contributed by atoms with Crippen LogP contribution in [-0.2, 0) is 14.8 Å². The summed E-state index contributed by atoms with van der Waals surface area (Å²) in [4.78, 5) is 2.49. The second-order valence-electron chi connectivity index (χ2n) is 7.17. The van der Waals surface area contributed by atoms with E-state index in [9.17, 15) is 8.42 Å². The van der Waals surface area contributed by atoms with Crippen LogP contribution in [-0.4, -0.2) is 44.4 Å². The van der Waals surface area contributed by atoms with Crippen LogP contribution in [0.4, 0.5) is 0 Å². The minimum Gasteiger partial charge on any atom is -0.497 e. The molecule has 0 N–H and O–H groups in total. The lowest BCUT2D eigenvalue weighted by molar-refractivity contribution is 0.248. The van der Waals surface area contributed by atoms with Gasteiger partial charge in [0.15, 0.2) is 0 Å². The number of hydrogen-bond acceptors (Lipinski definition) is 4. The van der Waals surface area contributed by atoms with Gasteiger partial charge in [-0.1, -0.05) is 25.1 Å². The molecule has 0 saturated carbocycles. The molecule has 0 aromatic heterocycles. The number of benzene rings is 1. The monoisotopic (exact) mass is 384 g/mol. The lowest BCUT2D eigenvalue weighted by atomic mass is 9.94. The summed E-state index contributed by atoms with van der Waals surface area (Å²) in [7, 11) is 0.455. The molecule has 4 rings (SSSR count). The third-order valence-corrected chi connectivity index (χ3v) is 7.13. The lowest BCUT2D eigenvalue weighted by Crippen LogP contribution is -2.30. The molecule has 1 aromatic rings. The number of hydrogen-bond donors (Lipinski definition) is 0. The second kappa shape index (κ2) is 6.69. The van der Waals surface area contributed by atoms with E-state index in [0.717, 1.165) is 23.3 Å². The molecular formula is C21H24N2O3S. The predicted molar refractivity (Wildman–Crippen MR) is 105 cm³/mol. The Morgan fingerprint density at radius 1 is 1.22 bits per heavy atom. The molecule has 0 saturated heterocycles. The van der Waals surface area contributed by atoms with Crippen molar-refractivity contribution in [1.29, 1.82) is 0 Å². The Hall–Kier alpha value is -2.31. The Kier molecular flexibility index (Phi) is 4.48. The molecule has 5 nitrogen and oxygen atoms in total. The maximum absolute atomic E-state index is 13.4. The lowest BCUT2D eigenvalue weighted by Gasteiger charge is -2.30. The van der Waals surface area contributed by atoms with Crippen molar-refractivity contribution in [2.24, 2.45) is 0 Å². The molecular weight excluding hydrogens is 360 g/mol. The van der Waals surface area contributed by atoms with E-state index in [0.29, 0.717) is 17.9 Å². The summed E-state index contributed by atoms with van der Waals surface area (Å²) in [6.45, 7) is 2.55. The predicted octanol–water partition coefficient (Wildman–Crippen LogP) is 3.41. The highest BCUT2D eigenvalue weighted by Crippen LogP contribution is 2.46. The van der Waals surface area contributed by atoms with Crippen molar-refractivity contribution in [3.8, 4) is 0 Å². The molecule has 142 valence electrons. The minimum absolute atomic E-state index is 0.222. The number of allylic oxidation sites excluding steroid dienone is 4. The van der Waals surface area contributed by atoms with Gasteiger partial charge in [0.2, 0.25) is 0 Å². The molecule has 0 bridgehead atoms. The maximum Gasteiger partial charge on any atom is 0.267 e. The number of rotatable bonds is 4. The van der Waals surface area contributed by atoms with Gasteiger partial charge < -0.3 is 9.64 Å². The summed E-state index contributed by atoms with van der Waals surface area (Å²) >= 11 is 0. The molecule has 3 aliphatic rings. The Balaban J connectivity index is 1.91. The van der Waals surface area contributed by atoms with Crippen molar-refractivity contribution in [2.45, 2.75) is 30.7 Å². The minimum atomic E-state index is -3.66. The molecule has 1 unspecified atom stereocenters. The van der Waals surface area contributed by atoms with Crippen molar-refractivity contribution >= 4 is 10.0 Å². The average Bonchev–Trinajstić information content (AvgIpc) is 2.92. The van der Waals surface area contributed by atoms with Crippen LogP contribution in [0.3, 0.4) is 0 Å². The number of ether oxygens (including phenoxy) is 1. The molecule has 1 aliphatic carbocycles. The number of sulfonamides is 1. The van der Waals surface area contributed by atoms with Crippen LogP contribution in [0.25, 0.3) is 0 Å². The maximum atomic E-state index is 13.4. The van der Waals surface area contributed by atoms with Crippen molar-refractivity contribution in [1.82, 2.24) is 9.21 Å². The van der Waals surface area contributed by atoms with E-state index in [1.165, 1.54) is 15.5 Å². The summed E-state index contributed by atoms with van der Waals surface area (Å²) in [5, 5.41) is 0. The zero-order valence-corrected chi connectivity index (χ0v) is 16.7. The van der Waals surface area contributed by atoms with Gasteiger partial charge in [-0.2, -0.15) is 0 Å². The van der Waals surface area contributed by atoms with Crippen LogP contribution in [0.15, 0.2) is 81.8 Å². The van der Waals surface area contributed by atoms with E-state index in [1.807, 2.05) is 19.1 Å². The molecule has 6 heteroatoms. The van der Waals surface area contributed by atoms with E-state index in [-0.39, 0.29) is 6.04 Å². The highest BCUT2D eigenvalue weighted by molar-refractivity contribution is 7.89. The Morgan fingerprint density at radius 2 is 1.96 bits per heavy atom. The highest BCUT2D eigenvalue weighted by atomic mass is 32.2. The highest BCUT2D eigenvalue weighted by Gasteiger charge is 2.40. The normalized spacial score (nSPS) is 22.0. The summed E-state index contributed by atoms with van der Waals surface area (Å²) in [6, 6.07) is 8.84. The van der Waals surface area contributed by atoms with Crippen LogP contribution >= 0.6 is 0 Å². The van der Waals surface area contributed by atoms with Crippen LogP contribution in [0.1, 0.15) is 19.8 Å². The van der Waals surface area contributed by atoms with E-state index in [1.54, 1.807) is 36.7 Å². The van der Waals surface area contributed by atoms with E-state index in [4.69, 9.17) is 4.74 Å². The van der Waals surface area contributed by atoms with Gasteiger partial charge >= 0.3 is 0 Å². The Labute approximate surface area is 161 Å². The first-order chi connectivity index (χ1) is 12.9. The SMILES string of the molecule is CCC1=C2CC(N(C)C)C3=C2C(=CN1S(=O)(=O)c1ccccc1)C=COC3. The van der Waals surface area contributed by atoms with Crippen LogP contribution < -0.4 is 0 Å². The molecule has 0 radical (unpaired) electrons. The quantitative estimate of drug-likeness (QED) is 0.798.